The molecule has 0 bridgehead atoms. The molecule has 1 aliphatic heterocycles. The van der Waals surface area contributed by atoms with E-state index in [4.69, 9.17) is 38.7 Å². The molecule has 0 radical (unpaired) electrons. The first-order valence-electron chi connectivity index (χ1n) is 24.3. The van der Waals surface area contributed by atoms with Crippen molar-refractivity contribution >= 4 is 69.0 Å². The summed E-state index contributed by atoms with van der Waals surface area (Å²) in [6, 6.07) is 25.0. The number of carbonyl (C=O) groups excluding carboxylic acids is 4. The monoisotopic (exact) mass is 1010 g/mol. The maximum Gasteiger partial charge on any atom is 0.270 e. The van der Waals surface area contributed by atoms with Gasteiger partial charge in [0.2, 0.25) is 17.7 Å². The molecule has 2 aromatic heterocycles. The predicted molar refractivity (Wildman–Crippen MR) is 283 cm³/mol. The number of allylic oxidation sites excluding steroid dienone is 1. The summed E-state index contributed by atoms with van der Waals surface area (Å²) in [5, 5.41) is 25.1. The average molecular weight is 1010 g/mol. The number of aryl methyl sites for hydroxylation is 1. The minimum absolute atomic E-state index is 0.0566. The summed E-state index contributed by atoms with van der Waals surface area (Å²) in [7, 11) is 0. The van der Waals surface area contributed by atoms with Gasteiger partial charge in [0.05, 0.1) is 47.0 Å². The molecule has 1 saturated carbocycles. The van der Waals surface area contributed by atoms with Gasteiger partial charge in [0.1, 0.15) is 34.8 Å². The van der Waals surface area contributed by atoms with Crippen LogP contribution in [-0.2, 0) is 20.8 Å². The number of primary amides is 1. The fraction of sp³-hybridized carbons (Fsp3) is 0.418. The number of fused-ring (bicyclic) bond motifs is 2. The molecule has 1 aliphatic carbocycles. The van der Waals surface area contributed by atoms with Crippen molar-refractivity contribution in [3.8, 4) is 5.75 Å². The van der Waals surface area contributed by atoms with Crippen LogP contribution in [0.2, 0.25) is 5.02 Å². The van der Waals surface area contributed by atoms with E-state index >= 15 is 0 Å². The molecule has 5 aromatic rings. The molecule has 2 aliphatic rings. The van der Waals surface area contributed by atoms with Gasteiger partial charge >= 0.3 is 0 Å². The lowest BCUT2D eigenvalue weighted by Gasteiger charge is -2.47. The quantitative estimate of drug-likeness (QED) is 0.0386. The molecule has 6 atom stereocenters. The Hall–Kier alpha value is -6.13. The normalized spacial score (nSPS) is 18.0. The number of carbonyl (C=O) groups is 4. The summed E-state index contributed by atoms with van der Waals surface area (Å²) in [6.07, 6.45) is 7.65. The molecule has 71 heavy (non-hydrogen) atoms. The van der Waals surface area contributed by atoms with Crippen LogP contribution in [0, 0.1) is 18.8 Å². The van der Waals surface area contributed by atoms with Crippen LogP contribution in [0.4, 0.5) is 5.69 Å². The lowest BCUT2D eigenvalue weighted by Crippen LogP contribution is -2.61. The number of nitrogens with one attached hydrogen (secondary N) is 4. The Morgan fingerprint density at radius 1 is 0.972 bits per heavy atom. The van der Waals surface area contributed by atoms with Gasteiger partial charge in [0, 0.05) is 35.8 Å². The van der Waals surface area contributed by atoms with Crippen LogP contribution >= 0.6 is 23.8 Å². The van der Waals surface area contributed by atoms with Crippen molar-refractivity contribution in [3.05, 3.63) is 137 Å². The van der Waals surface area contributed by atoms with E-state index in [1.165, 1.54) is 12.0 Å². The summed E-state index contributed by atoms with van der Waals surface area (Å²) in [5.74, 6) is 0.210. The van der Waals surface area contributed by atoms with Gasteiger partial charge in [-0.25, -0.2) is 4.98 Å². The second kappa shape index (κ2) is 25.3. The van der Waals surface area contributed by atoms with Crippen molar-refractivity contribution < 1.29 is 33.4 Å². The molecule has 2 fully saturated rings. The number of aromatic nitrogens is 1. The Labute approximate surface area is 427 Å². The van der Waals surface area contributed by atoms with Crippen molar-refractivity contribution in [2.75, 3.05) is 25.0 Å². The molecule has 3 heterocycles. The number of anilines is 1. The van der Waals surface area contributed by atoms with Crippen LogP contribution < -0.4 is 31.7 Å². The first kappa shape index (κ1) is 54.2. The van der Waals surface area contributed by atoms with E-state index in [1.54, 1.807) is 30.5 Å². The number of halogens is 1. The molecular formula is C55H68ClN7O7S. The molecule has 16 heteroatoms. The Balaban J connectivity index is 0.000000313. The maximum absolute atomic E-state index is 13.8. The number of amides is 4. The van der Waals surface area contributed by atoms with E-state index in [2.05, 4.69) is 31.2 Å². The maximum atomic E-state index is 13.8. The van der Waals surface area contributed by atoms with Crippen molar-refractivity contribution in [1.82, 2.24) is 25.8 Å². The number of hydrogen-bond acceptors (Lipinski definition) is 10. The van der Waals surface area contributed by atoms with Crippen LogP contribution in [0.25, 0.3) is 10.9 Å². The molecule has 7 N–H and O–H groups in total. The lowest BCUT2D eigenvalue weighted by atomic mass is 9.72. The Kier molecular flexibility index (Phi) is 19.3. The zero-order valence-electron chi connectivity index (χ0n) is 41.5. The summed E-state index contributed by atoms with van der Waals surface area (Å²) in [5.41, 5.74) is 9.59. The van der Waals surface area contributed by atoms with Crippen LogP contribution in [0.1, 0.15) is 101 Å². The molecule has 4 amide bonds. The second-order valence-corrected chi connectivity index (χ2v) is 20.6. The zero-order chi connectivity index (χ0) is 51.2. The van der Waals surface area contributed by atoms with E-state index in [9.17, 15) is 24.3 Å². The van der Waals surface area contributed by atoms with Gasteiger partial charge in [0.15, 0.2) is 0 Å². The minimum Gasteiger partial charge on any atom is -0.488 e. The number of thiocarbonyl (C=S) groups is 1. The average Bonchev–Trinajstić information content (AvgIpc) is 3.77. The number of para-hydroxylation sites is 1. The molecule has 14 nitrogen and oxygen atoms in total. The summed E-state index contributed by atoms with van der Waals surface area (Å²) in [6.45, 7) is 13.1. The molecule has 0 spiro atoms. The standard InChI is InChI=1S/C38H50N6O5.C17H18ClNO2S/c1-38(2,3)43-37(49)32-20-26-14-7-8-15-27(26)22-44(32)23-33(45)30(19-24-11-5-4-6-12-24)41-36(48)31(21-34(39)46)42-35(47)29-18-17-25-13-9-10-16-28(25)40-29;1-11(2)6-8-21-16-10-13(4-5-15(16)18)19-17(22)14-7-9-20-12(14)3/h4-6,9-13,16-18,26-27,30-33,45H,7-8,14-15,19-23H2,1-3H3,(H2,39,46)(H,41,48)(H,42,47)(H,43,49);4-7,9-10H,8H2,1-3H3,(H,19,22)/t26-,27+,30-,31-,32-,33+;/m0./s1. The number of piperidine rings is 1. The van der Waals surface area contributed by atoms with E-state index in [-0.39, 0.29) is 24.6 Å². The molecule has 1 saturated heterocycles. The van der Waals surface area contributed by atoms with Crippen LogP contribution in [0.5, 0.6) is 5.75 Å². The highest BCUT2D eigenvalue weighted by Gasteiger charge is 2.42. The summed E-state index contributed by atoms with van der Waals surface area (Å²) in [4.78, 5) is 59.9. The van der Waals surface area contributed by atoms with Crippen molar-refractivity contribution in [1.29, 1.82) is 0 Å². The second-order valence-electron chi connectivity index (χ2n) is 19.8. The third-order valence-electron chi connectivity index (χ3n) is 12.7. The number of likely N-dealkylation sites (tertiary alicyclic amines) is 1. The van der Waals surface area contributed by atoms with Crippen molar-refractivity contribution in [3.63, 3.8) is 0 Å². The fourth-order valence-electron chi connectivity index (χ4n) is 9.07. The number of furan rings is 1. The smallest absolute Gasteiger partial charge is 0.270 e. The van der Waals surface area contributed by atoms with Gasteiger partial charge in [-0.1, -0.05) is 103 Å². The van der Waals surface area contributed by atoms with E-state index in [0.29, 0.717) is 46.3 Å². The lowest BCUT2D eigenvalue weighted by molar-refractivity contribution is -0.133. The van der Waals surface area contributed by atoms with Gasteiger partial charge in [-0.2, -0.15) is 0 Å². The van der Waals surface area contributed by atoms with Crippen molar-refractivity contribution in [2.24, 2.45) is 17.6 Å². The fourth-order valence-corrected chi connectivity index (χ4v) is 9.57. The number of rotatable bonds is 17. The van der Waals surface area contributed by atoms with E-state index in [1.807, 2.05) is 114 Å². The number of pyridine rings is 1. The third-order valence-corrected chi connectivity index (χ3v) is 13.3. The Morgan fingerprint density at radius 2 is 1.69 bits per heavy atom. The Bertz CT molecular complexity index is 2670. The number of benzene rings is 3. The number of hydrogen-bond donors (Lipinski definition) is 6. The highest BCUT2D eigenvalue weighted by Crippen LogP contribution is 2.39. The SMILES string of the molecule is CC(C)(C)NC(=O)[C@@H]1C[C@@H]2CCCC[C@@H]2CN1C[C@@H](O)[C@H](Cc1ccccc1)NC(=O)[C@H](CC(N)=O)NC(=O)c1ccc2ccccc2n1.CC(C)=CCOc1cc(NC(=S)c2ccoc2C)ccc1Cl. The summed E-state index contributed by atoms with van der Waals surface area (Å²) >= 11 is 11.5. The number of aliphatic hydroxyl groups excluding tert-OH is 1. The highest BCUT2D eigenvalue weighted by molar-refractivity contribution is 7.81. The minimum atomic E-state index is -1.30. The molecule has 0 unspecified atom stereocenters. The van der Waals surface area contributed by atoms with E-state index in [0.717, 1.165) is 53.6 Å². The highest BCUT2D eigenvalue weighted by atomic mass is 35.5. The first-order chi connectivity index (χ1) is 33.8. The third kappa shape index (κ3) is 16.2. The topological polar surface area (TPSA) is 201 Å². The van der Waals surface area contributed by atoms with Gasteiger partial charge in [-0.3, -0.25) is 24.1 Å². The number of nitrogens with two attached hydrogens (primary N) is 1. The van der Waals surface area contributed by atoms with Crippen LogP contribution in [0.15, 0.2) is 113 Å². The number of β-amino-alcohol motifs (C(OH)–C–C–N with tert-alkyl or cyclic N) is 1. The Morgan fingerprint density at radius 3 is 2.38 bits per heavy atom. The van der Waals surface area contributed by atoms with Crippen LogP contribution in [-0.4, -0.2) is 93.1 Å². The number of nitrogens with zero attached hydrogens (tertiary/aromatic N) is 2. The van der Waals surface area contributed by atoms with Crippen molar-refractivity contribution in [2.45, 2.75) is 116 Å². The number of ether oxygens (including phenoxy) is 1. The van der Waals surface area contributed by atoms with Gasteiger partial charge < -0.3 is 41.3 Å². The predicted octanol–water partition coefficient (Wildman–Crippen LogP) is 8.47. The van der Waals surface area contributed by atoms with Gasteiger partial charge in [-0.05, 0) is 115 Å². The zero-order valence-corrected chi connectivity index (χ0v) is 43.1. The molecular weight excluding hydrogens is 938 g/mol. The molecule has 378 valence electrons. The van der Waals surface area contributed by atoms with E-state index < -0.39 is 53.9 Å². The first-order valence-corrected chi connectivity index (χ1v) is 25.1. The largest absolute Gasteiger partial charge is 0.488 e. The van der Waals surface area contributed by atoms with Crippen LogP contribution in [0.3, 0.4) is 0 Å². The molecule has 3 aromatic carbocycles. The van der Waals surface area contributed by atoms with Gasteiger partial charge in [-0.15, -0.1) is 0 Å². The number of aliphatic hydroxyl groups is 1. The summed E-state index contributed by atoms with van der Waals surface area (Å²) < 4.78 is 10.9. The molecule has 7 rings (SSSR count). The van der Waals surface area contributed by atoms with Gasteiger partial charge in [0.25, 0.3) is 5.91 Å².